The molecule has 1 heteroatoms. The SMILES string of the molecule is CCC[C@](C)(O)C1CC1. The summed E-state index contributed by atoms with van der Waals surface area (Å²) in [6.45, 7) is 4.09. The van der Waals surface area contributed by atoms with Crippen molar-refractivity contribution in [3.8, 4) is 0 Å². The first-order valence-electron chi connectivity index (χ1n) is 3.89. The highest BCUT2D eigenvalue weighted by atomic mass is 16.3. The van der Waals surface area contributed by atoms with Crippen LogP contribution in [-0.2, 0) is 0 Å². The zero-order valence-corrected chi connectivity index (χ0v) is 6.35. The maximum Gasteiger partial charge on any atom is 0.0647 e. The normalized spacial score (nSPS) is 25.7. The van der Waals surface area contributed by atoms with E-state index in [4.69, 9.17) is 0 Å². The summed E-state index contributed by atoms with van der Waals surface area (Å²) in [6, 6.07) is 0. The van der Waals surface area contributed by atoms with Crippen LogP contribution < -0.4 is 0 Å². The van der Waals surface area contributed by atoms with Gasteiger partial charge in [-0.1, -0.05) is 13.3 Å². The Morgan fingerprint density at radius 3 is 2.44 bits per heavy atom. The molecule has 1 atom stereocenters. The first-order valence-corrected chi connectivity index (χ1v) is 3.89. The Balaban J connectivity index is 2.30. The summed E-state index contributed by atoms with van der Waals surface area (Å²) < 4.78 is 0. The maximum absolute atomic E-state index is 9.65. The zero-order chi connectivity index (χ0) is 6.91. The third kappa shape index (κ3) is 1.68. The zero-order valence-electron chi connectivity index (χ0n) is 6.35. The van der Waals surface area contributed by atoms with E-state index in [1.165, 1.54) is 12.8 Å². The fourth-order valence-corrected chi connectivity index (χ4v) is 1.42. The lowest BCUT2D eigenvalue weighted by Crippen LogP contribution is -2.26. The lowest BCUT2D eigenvalue weighted by molar-refractivity contribution is 0.0274. The van der Waals surface area contributed by atoms with Crippen LogP contribution in [0.5, 0.6) is 0 Å². The van der Waals surface area contributed by atoms with Gasteiger partial charge < -0.3 is 5.11 Å². The molecule has 0 heterocycles. The van der Waals surface area contributed by atoms with Gasteiger partial charge in [0.15, 0.2) is 0 Å². The molecule has 1 aliphatic rings. The Bertz CT molecular complexity index is 92.7. The molecule has 1 N–H and O–H groups in total. The van der Waals surface area contributed by atoms with Gasteiger partial charge in [-0.2, -0.15) is 0 Å². The average molecular weight is 128 g/mol. The molecule has 0 radical (unpaired) electrons. The van der Waals surface area contributed by atoms with E-state index < -0.39 is 0 Å². The van der Waals surface area contributed by atoms with Gasteiger partial charge in [-0.15, -0.1) is 0 Å². The van der Waals surface area contributed by atoms with Crippen molar-refractivity contribution in [2.45, 2.75) is 45.1 Å². The summed E-state index contributed by atoms with van der Waals surface area (Å²) in [5, 5.41) is 9.65. The second-order valence-electron chi connectivity index (χ2n) is 3.38. The van der Waals surface area contributed by atoms with Crippen molar-refractivity contribution in [2.24, 2.45) is 5.92 Å². The monoisotopic (exact) mass is 128 g/mol. The van der Waals surface area contributed by atoms with Crippen molar-refractivity contribution in [3.05, 3.63) is 0 Å². The van der Waals surface area contributed by atoms with Gasteiger partial charge in [0, 0.05) is 0 Å². The van der Waals surface area contributed by atoms with Gasteiger partial charge in [-0.25, -0.2) is 0 Å². The van der Waals surface area contributed by atoms with E-state index in [-0.39, 0.29) is 5.60 Å². The quantitative estimate of drug-likeness (QED) is 0.616. The summed E-state index contributed by atoms with van der Waals surface area (Å²) in [7, 11) is 0. The number of rotatable bonds is 3. The van der Waals surface area contributed by atoms with Gasteiger partial charge in [0.05, 0.1) is 5.60 Å². The van der Waals surface area contributed by atoms with Crippen LogP contribution in [0.2, 0.25) is 0 Å². The molecule has 1 nitrogen and oxygen atoms in total. The largest absolute Gasteiger partial charge is 0.390 e. The topological polar surface area (TPSA) is 20.2 Å². The van der Waals surface area contributed by atoms with Crippen LogP contribution in [0.1, 0.15) is 39.5 Å². The molecule has 0 saturated heterocycles. The summed E-state index contributed by atoms with van der Waals surface area (Å²) >= 11 is 0. The van der Waals surface area contributed by atoms with Crippen LogP contribution in [-0.4, -0.2) is 10.7 Å². The molecule has 1 aliphatic carbocycles. The van der Waals surface area contributed by atoms with Crippen LogP contribution in [0.3, 0.4) is 0 Å². The van der Waals surface area contributed by atoms with Crippen molar-refractivity contribution in [1.82, 2.24) is 0 Å². The standard InChI is InChI=1S/C8H16O/c1-3-6-8(2,9)7-4-5-7/h7,9H,3-6H2,1-2H3/t8-/m0/s1. The minimum absolute atomic E-state index is 0.339. The van der Waals surface area contributed by atoms with Crippen molar-refractivity contribution < 1.29 is 5.11 Å². The molecule has 0 aromatic carbocycles. The smallest absolute Gasteiger partial charge is 0.0647 e. The molecule has 9 heavy (non-hydrogen) atoms. The van der Waals surface area contributed by atoms with Crippen molar-refractivity contribution >= 4 is 0 Å². The summed E-state index contributed by atoms with van der Waals surface area (Å²) in [5.74, 6) is 0.623. The summed E-state index contributed by atoms with van der Waals surface area (Å²) in [5.41, 5.74) is -0.339. The van der Waals surface area contributed by atoms with E-state index in [2.05, 4.69) is 6.92 Å². The Morgan fingerprint density at radius 2 is 2.11 bits per heavy atom. The van der Waals surface area contributed by atoms with E-state index >= 15 is 0 Å². The summed E-state index contributed by atoms with van der Waals surface area (Å²) in [6.07, 6.45) is 4.56. The number of hydrogen-bond acceptors (Lipinski definition) is 1. The Labute approximate surface area is 57.1 Å². The van der Waals surface area contributed by atoms with Crippen LogP contribution in [0.25, 0.3) is 0 Å². The molecule has 1 rings (SSSR count). The van der Waals surface area contributed by atoms with Crippen LogP contribution in [0, 0.1) is 5.92 Å². The molecule has 0 bridgehead atoms. The van der Waals surface area contributed by atoms with Crippen molar-refractivity contribution in [1.29, 1.82) is 0 Å². The molecule has 0 aromatic heterocycles. The first kappa shape index (κ1) is 7.07. The third-order valence-electron chi connectivity index (χ3n) is 2.21. The lowest BCUT2D eigenvalue weighted by Gasteiger charge is -2.21. The van der Waals surface area contributed by atoms with E-state index in [0.717, 1.165) is 12.8 Å². The molecular formula is C8H16O. The lowest BCUT2D eigenvalue weighted by atomic mass is 9.95. The van der Waals surface area contributed by atoms with Crippen molar-refractivity contribution in [3.63, 3.8) is 0 Å². The fraction of sp³-hybridized carbons (Fsp3) is 1.00. The van der Waals surface area contributed by atoms with Gasteiger partial charge >= 0.3 is 0 Å². The highest BCUT2D eigenvalue weighted by Crippen LogP contribution is 2.41. The predicted molar refractivity (Wildman–Crippen MR) is 38.3 cm³/mol. The fourth-order valence-electron chi connectivity index (χ4n) is 1.42. The Kier molecular flexibility index (Phi) is 1.80. The Hall–Kier alpha value is -0.0400. The minimum atomic E-state index is -0.339. The summed E-state index contributed by atoms with van der Waals surface area (Å²) in [4.78, 5) is 0. The van der Waals surface area contributed by atoms with Gasteiger partial charge in [0.1, 0.15) is 0 Å². The van der Waals surface area contributed by atoms with E-state index in [9.17, 15) is 5.11 Å². The molecule has 54 valence electrons. The van der Waals surface area contributed by atoms with Gasteiger partial charge in [0.2, 0.25) is 0 Å². The predicted octanol–water partition coefficient (Wildman–Crippen LogP) is 1.95. The molecule has 0 aliphatic heterocycles. The molecular weight excluding hydrogens is 112 g/mol. The average Bonchev–Trinajstić information content (AvgIpc) is 2.41. The molecule has 0 unspecified atom stereocenters. The number of aliphatic hydroxyl groups is 1. The highest BCUT2D eigenvalue weighted by Gasteiger charge is 2.38. The minimum Gasteiger partial charge on any atom is -0.390 e. The van der Waals surface area contributed by atoms with Gasteiger partial charge in [-0.3, -0.25) is 0 Å². The van der Waals surface area contributed by atoms with E-state index in [1.807, 2.05) is 6.92 Å². The van der Waals surface area contributed by atoms with Crippen LogP contribution in [0.15, 0.2) is 0 Å². The Morgan fingerprint density at radius 1 is 1.56 bits per heavy atom. The van der Waals surface area contributed by atoms with Crippen molar-refractivity contribution in [2.75, 3.05) is 0 Å². The third-order valence-corrected chi connectivity index (χ3v) is 2.21. The number of hydrogen-bond donors (Lipinski definition) is 1. The first-order chi connectivity index (χ1) is 4.17. The molecule has 1 fully saturated rings. The van der Waals surface area contributed by atoms with Gasteiger partial charge in [0.25, 0.3) is 0 Å². The molecule has 0 spiro atoms. The van der Waals surface area contributed by atoms with E-state index in [0.29, 0.717) is 5.92 Å². The van der Waals surface area contributed by atoms with Gasteiger partial charge in [-0.05, 0) is 32.1 Å². The maximum atomic E-state index is 9.65. The second-order valence-corrected chi connectivity index (χ2v) is 3.38. The van der Waals surface area contributed by atoms with Crippen LogP contribution >= 0.6 is 0 Å². The second kappa shape index (κ2) is 2.30. The van der Waals surface area contributed by atoms with E-state index in [1.54, 1.807) is 0 Å². The molecule has 0 aromatic rings. The van der Waals surface area contributed by atoms with Crippen LogP contribution in [0.4, 0.5) is 0 Å². The highest BCUT2D eigenvalue weighted by molar-refractivity contribution is 4.90. The molecule has 0 amide bonds. The molecule has 1 saturated carbocycles.